The van der Waals surface area contributed by atoms with Crippen LogP contribution in [0.5, 0.6) is 0 Å². The van der Waals surface area contributed by atoms with Crippen LogP contribution in [0.1, 0.15) is 28.3 Å². The molecule has 1 N–H and O–H groups in total. The summed E-state index contributed by atoms with van der Waals surface area (Å²) in [6.07, 6.45) is 3.17. The number of anilines is 1. The number of aromatic nitrogens is 3. The van der Waals surface area contributed by atoms with Gasteiger partial charge < -0.3 is 5.11 Å². The molecule has 0 bridgehead atoms. The lowest BCUT2D eigenvalue weighted by Crippen LogP contribution is -2.29. The predicted molar refractivity (Wildman–Crippen MR) is 141 cm³/mol. The van der Waals surface area contributed by atoms with Gasteiger partial charge in [0.2, 0.25) is 5.13 Å². The highest BCUT2D eigenvalue weighted by atomic mass is 35.5. The third kappa shape index (κ3) is 4.65. The molecule has 0 radical (unpaired) electrons. The number of carbonyl (C=O) groups is 2. The number of aliphatic hydroxyl groups excluding tert-OH is 1. The van der Waals surface area contributed by atoms with Crippen LogP contribution in [0.3, 0.4) is 0 Å². The molecule has 0 aliphatic carbocycles. The third-order valence-electron chi connectivity index (χ3n) is 5.68. The van der Waals surface area contributed by atoms with E-state index in [4.69, 9.17) is 11.6 Å². The minimum atomic E-state index is -0.894. The fraction of sp³-hybridized carbons (Fsp3) is 0.115. The van der Waals surface area contributed by atoms with Gasteiger partial charge in [-0.05, 0) is 30.2 Å². The average Bonchev–Trinajstić information content (AvgIpc) is 3.46. The maximum atomic E-state index is 13.2. The summed E-state index contributed by atoms with van der Waals surface area (Å²) in [5.41, 5.74) is 2.96. The number of hydrogen-bond acceptors (Lipinski definition) is 8. The molecule has 3 heterocycles. The molecule has 7 nitrogen and oxygen atoms in total. The summed E-state index contributed by atoms with van der Waals surface area (Å²) in [5, 5.41) is 20.5. The summed E-state index contributed by atoms with van der Waals surface area (Å²) in [6, 6.07) is 17.2. The Morgan fingerprint density at radius 1 is 1.08 bits per heavy atom. The zero-order valence-electron chi connectivity index (χ0n) is 19.0. The number of aryl methyl sites for hydroxylation is 1. The second kappa shape index (κ2) is 10.2. The van der Waals surface area contributed by atoms with Crippen LogP contribution >= 0.6 is 34.7 Å². The van der Waals surface area contributed by atoms with Crippen molar-refractivity contribution in [1.82, 2.24) is 15.2 Å². The first kappa shape index (κ1) is 24.2. The molecule has 10 heteroatoms. The molecule has 1 aliphatic rings. The van der Waals surface area contributed by atoms with Gasteiger partial charge in [0.05, 0.1) is 11.6 Å². The number of halogens is 1. The SMILES string of the molecule is Cc1ccc(/C(O)=C2/C(=O)C(=O)N(c3nnc(SCc4ccccc4Cl)s3)C2c2cccnc2)cc1. The number of nitrogens with zero attached hydrogens (tertiary/aromatic N) is 4. The van der Waals surface area contributed by atoms with Gasteiger partial charge in [-0.2, -0.15) is 0 Å². The second-order valence-electron chi connectivity index (χ2n) is 8.05. The van der Waals surface area contributed by atoms with Crippen LogP contribution in [-0.2, 0) is 15.3 Å². The van der Waals surface area contributed by atoms with Crippen molar-refractivity contribution in [2.24, 2.45) is 0 Å². The largest absolute Gasteiger partial charge is 0.507 e. The number of ketones is 1. The number of pyridine rings is 1. The van der Waals surface area contributed by atoms with E-state index >= 15 is 0 Å². The quantitative estimate of drug-likeness (QED) is 0.109. The lowest BCUT2D eigenvalue weighted by Gasteiger charge is -2.22. The molecule has 1 fully saturated rings. The van der Waals surface area contributed by atoms with Gasteiger partial charge in [0.15, 0.2) is 4.34 Å². The van der Waals surface area contributed by atoms with Crippen LogP contribution in [0.2, 0.25) is 5.02 Å². The zero-order valence-corrected chi connectivity index (χ0v) is 21.3. The molecule has 1 aliphatic heterocycles. The number of benzene rings is 2. The molecular formula is C26H19ClN4O3S2. The highest BCUT2D eigenvalue weighted by molar-refractivity contribution is 8.00. The molecule has 5 rings (SSSR count). The summed E-state index contributed by atoms with van der Waals surface area (Å²) in [7, 11) is 0. The van der Waals surface area contributed by atoms with Gasteiger partial charge in [-0.25, -0.2) is 0 Å². The van der Waals surface area contributed by atoms with Crippen LogP contribution in [0.15, 0.2) is 83.0 Å². The molecule has 4 aromatic rings. The molecule has 1 atom stereocenters. The maximum absolute atomic E-state index is 13.2. The van der Waals surface area contributed by atoms with E-state index in [0.29, 0.717) is 26.2 Å². The topological polar surface area (TPSA) is 96.3 Å². The van der Waals surface area contributed by atoms with Gasteiger partial charge in [-0.1, -0.05) is 88.8 Å². The molecular weight excluding hydrogens is 516 g/mol. The molecule has 1 saturated heterocycles. The fourth-order valence-electron chi connectivity index (χ4n) is 3.86. The Morgan fingerprint density at radius 3 is 2.58 bits per heavy atom. The van der Waals surface area contributed by atoms with E-state index in [1.807, 2.05) is 43.3 Å². The van der Waals surface area contributed by atoms with E-state index in [2.05, 4.69) is 15.2 Å². The Bertz CT molecular complexity index is 1470. The molecule has 0 spiro atoms. The van der Waals surface area contributed by atoms with E-state index in [0.717, 1.165) is 11.1 Å². The van der Waals surface area contributed by atoms with Crippen molar-refractivity contribution >= 4 is 57.3 Å². The Balaban J connectivity index is 1.53. The molecule has 1 unspecified atom stereocenters. The van der Waals surface area contributed by atoms with Crippen molar-refractivity contribution in [3.63, 3.8) is 0 Å². The van der Waals surface area contributed by atoms with Crippen LogP contribution < -0.4 is 4.90 Å². The summed E-state index contributed by atoms with van der Waals surface area (Å²) in [6.45, 7) is 1.93. The highest BCUT2D eigenvalue weighted by Gasteiger charge is 2.48. The van der Waals surface area contributed by atoms with Gasteiger partial charge in [-0.15, -0.1) is 10.2 Å². The summed E-state index contributed by atoms with van der Waals surface area (Å²) < 4.78 is 0.621. The van der Waals surface area contributed by atoms with Crippen molar-refractivity contribution in [3.05, 3.63) is 106 Å². The lowest BCUT2D eigenvalue weighted by molar-refractivity contribution is -0.132. The fourth-order valence-corrected chi connectivity index (χ4v) is 6.02. The van der Waals surface area contributed by atoms with Crippen LogP contribution in [0.25, 0.3) is 5.76 Å². The number of thioether (sulfide) groups is 1. The van der Waals surface area contributed by atoms with Crippen molar-refractivity contribution < 1.29 is 14.7 Å². The van der Waals surface area contributed by atoms with Gasteiger partial charge in [-0.3, -0.25) is 19.5 Å². The normalized spacial score (nSPS) is 17.1. The average molecular weight is 535 g/mol. The molecule has 0 saturated carbocycles. The minimum Gasteiger partial charge on any atom is -0.507 e. The van der Waals surface area contributed by atoms with E-state index in [1.165, 1.54) is 28.0 Å². The first-order valence-electron chi connectivity index (χ1n) is 10.9. The van der Waals surface area contributed by atoms with Gasteiger partial charge in [0, 0.05) is 28.7 Å². The molecule has 180 valence electrons. The van der Waals surface area contributed by atoms with Crippen LogP contribution in [-0.4, -0.2) is 32.0 Å². The highest BCUT2D eigenvalue weighted by Crippen LogP contribution is 2.44. The van der Waals surface area contributed by atoms with E-state index < -0.39 is 17.7 Å². The first-order valence-corrected chi connectivity index (χ1v) is 13.1. The van der Waals surface area contributed by atoms with Gasteiger partial charge in [0.1, 0.15) is 5.76 Å². The smallest absolute Gasteiger partial charge is 0.301 e. The van der Waals surface area contributed by atoms with Crippen molar-refractivity contribution in [2.45, 2.75) is 23.1 Å². The van der Waals surface area contributed by atoms with Crippen LogP contribution in [0.4, 0.5) is 5.13 Å². The van der Waals surface area contributed by atoms with Crippen molar-refractivity contribution in [3.8, 4) is 0 Å². The minimum absolute atomic E-state index is 0.0164. The number of aliphatic hydroxyl groups is 1. The summed E-state index contributed by atoms with van der Waals surface area (Å²) in [5.74, 6) is -1.24. The summed E-state index contributed by atoms with van der Waals surface area (Å²) in [4.78, 5) is 31.9. The van der Waals surface area contributed by atoms with E-state index in [-0.39, 0.29) is 16.5 Å². The Morgan fingerprint density at radius 2 is 1.86 bits per heavy atom. The van der Waals surface area contributed by atoms with E-state index in [1.54, 1.807) is 36.7 Å². The van der Waals surface area contributed by atoms with Crippen molar-refractivity contribution in [2.75, 3.05) is 4.90 Å². The molecule has 36 heavy (non-hydrogen) atoms. The third-order valence-corrected chi connectivity index (χ3v) is 8.15. The second-order valence-corrected chi connectivity index (χ2v) is 10.6. The van der Waals surface area contributed by atoms with E-state index in [9.17, 15) is 14.7 Å². The number of rotatable bonds is 6. The number of amides is 1. The Labute approximate surface area is 220 Å². The van der Waals surface area contributed by atoms with Crippen molar-refractivity contribution in [1.29, 1.82) is 0 Å². The molecule has 2 aromatic heterocycles. The molecule has 1 amide bonds. The first-order chi connectivity index (χ1) is 17.4. The van der Waals surface area contributed by atoms with Gasteiger partial charge in [0.25, 0.3) is 5.78 Å². The maximum Gasteiger partial charge on any atom is 0.301 e. The lowest BCUT2D eigenvalue weighted by atomic mass is 9.96. The van der Waals surface area contributed by atoms with Crippen LogP contribution in [0, 0.1) is 6.92 Å². The van der Waals surface area contributed by atoms with Gasteiger partial charge >= 0.3 is 5.91 Å². The monoisotopic (exact) mass is 534 g/mol. The molecule has 2 aromatic carbocycles. The number of Topliss-reactive ketones (excluding diaryl/α,β-unsaturated/α-hetero) is 1. The Kier molecular flexibility index (Phi) is 6.86. The zero-order chi connectivity index (χ0) is 25.2. The standard InChI is InChI=1S/C26H19ClN4O3S2/c1-15-8-10-16(11-9-15)22(32)20-21(17-6-4-12-28-13-17)31(24(34)23(20)33)25-29-30-26(36-25)35-14-18-5-2-3-7-19(18)27/h2-13,21,32H,14H2,1H3/b22-20-. The number of carbonyl (C=O) groups excluding carboxylic acids is 2. The summed E-state index contributed by atoms with van der Waals surface area (Å²) >= 11 is 8.89. The Hall–Kier alpha value is -3.53. The predicted octanol–water partition coefficient (Wildman–Crippen LogP) is 5.81. The number of hydrogen-bond donors (Lipinski definition) is 1.